The van der Waals surface area contributed by atoms with Crippen molar-refractivity contribution in [3.05, 3.63) is 11.8 Å². The minimum absolute atomic E-state index is 0.0214. The second kappa shape index (κ2) is 9.18. The molecule has 106 valence electrons. The van der Waals surface area contributed by atoms with Crippen molar-refractivity contribution in [2.75, 3.05) is 0 Å². The van der Waals surface area contributed by atoms with Crippen molar-refractivity contribution in [2.24, 2.45) is 11.8 Å². The van der Waals surface area contributed by atoms with E-state index in [1.165, 1.54) is 12.1 Å². The predicted octanol–water partition coefficient (Wildman–Crippen LogP) is 4.31. The highest BCUT2D eigenvalue weighted by molar-refractivity contribution is 5.81. The number of carbonyl (C=O) groups excluding carboxylic acids is 1. The minimum atomic E-state index is -0.0214. The molecule has 2 unspecified atom stereocenters. The summed E-state index contributed by atoms with van der Waals surface area (Å²) in [5.74, 6) is 1.45. The maximum Gasteiger partial charge on any atom is 0.151 e. The third-order valence-corrected chi connectivity index (χ3v) is 3.27. The van der Waals surface area contributed by atoms with Crippen LogP contribution >= 0.6 is 0 Å². The summed E-state index contributed by atoms with van der Waals surface area (Å²) in [6.07, 6.45) is 6.38. The van der Waals surface area contributed by atoms with E-state index in [0.29, 0.717) is 11.8 Å². The van der Waals surface area contributed by atoms with Gasteiger partial charge in [-0.3, -0.25) is 4.79 Å². The van der Waals surface area contributed by atoms with Crippen LogP contribution in [0.1, 0.15) is 67.2 Å². The average Bonchev–Trinajstić information content (AvgIpc) is 2.27. The molecule has 0 bridgehead atoms. The summed E-state index contributed by atoms with van der Waals surface area (Å²) < 4.78 is 0. The van der Waals surface area contributed by atoms with E-state index in [1.807, 2.05) is 0 Å². The zero-order valence-electron chi connectivity index (χ0n) is 13.0. The van der Waals surface area contributed by atoms with Gasteiger partial charge in [-0.2, -0.15) is 0 Å². The molecule has 0 heterocycles. The van der Waals surface area contributed by atoms with Crippen LogP contribution in [0.3, 0.4) is 0 Å². The van der Waals surface area contributed by atoms with Crippen LogP contribution in [-0.4, -0.2) is 11.8 Å². The Bertz CT molecular complexity index is 268. The first-order valence-corrected chi connectivity index (χ1v) is 7.36. The van der Waals surface area contributed by atoms with Gasteiger partial charge in [-0.15, -0.1) is 0 Å². The van der Waals surface area contributed by atoms with Gasteiger partial charge < -0.3 is 5.32 Å². The fourth-order valence-corrected chi connectivity index (χ4v) is 1.99. The molecule has 0 aromatic heterocycles. The summed E-state index contributed by atoms with van der Waals surface area (Å²) in [6.45, 7) is 12.6. The van der Waals surface area contributed by atoms with Crippen molar-refractivity contribution >= 4 is 5.78 Å². The highest BCUT2D eigenvalue weighted by Gasteiger charge is 2.17. The zero-order valence-corrected chi connectivity index (χ0v) is 13.0. The number of hydrogen-bond donors (Lipinski definition) is 1. The number of nitrogens with one attached hydrogen (secondary N) is 1. The molecule has 0 radical (unpaired) electrons. The molecule has 0 spiro atoms. The van der Waals surface area contributed by atoms with Gasteiger partial charge >= 0.3 is 0 Å². The standard InChI is InChI=1S/C16H31NO/c1-7-9-15(11-13(5)8-2)17-16(14(6)18)10-12(3)4/h9,12-13,16-17H,7-8,10-11H2,1-6H3/b15-9+. The van der Waals surface area contributed by atoms with Crippen LogP contribution in [-0.2, 0) is 4.79 Å². The fraction of sp³-hybridized carbons (Fsp3) is 0.812. The number of carbonyl (C=O) groups is 1. The van der Waals surface area contributed by atoms with Crippen molar-refractivity contribution in [3.8, 4) is 0 Å². The van der Waals surface area contributed by atoms with E-state index in [1.54, 1.807) is 6.92 Å². The summed E-state index contributed by atoms with van der Waals surface area (Å²) in [5.41, 5.74) is 1.24. The van der Waals surface area contributed by atoms with Gasteiger partial charge in [0, 0.05) is 5.70 Å². The first-order valence-electron chi connectivity index (χ1n) is 7.36. The Morgan fingerprint density at radius 1 is 1.22 bits per heavy atom. The Labute approximate surface area is 113 Å². The SMILES string of the molecule is CC/C=C(\CC(C)CC)NC(CC(C)C)C(C)=O. The molecule has 0 aliphatic heterocycles. The molecule has 0 saturated carbocycles. The summed E-state index contributed by atoms with van der Waals surface area (Å²) >= 11 is 0. The average molecular weight is 253 g/mol. The molecule has 0 aromatic carbocycles. The van der Waals surface area contributed by atoms with Crippen LogP contribution in [0.25, 0.3) is 0 Å². The maximum absolute atomic E-state index is 11.7. The largest absolute Gasteiger partial charge is 0.379 e. The topological polar surface area (TPSA) is 29.1 Å². The molecule has 0 saturated heterocycles. The van der Waals surface area contributed by atoms with Crippen LogP contribution < -0.4 is 5.32 Å². The molecule has 2 nitrogen and oxygen atoms in total. The van der Waals surface area contributed by atoms with Gasteiger partial charge in [0.2, 0.25) is 0 Å². The normalized spacial score (nSPS) is 15.6. The van der Waals surface area contributed by atoms with E-state index in [2.05, 4.69) is 46.0 Å². The second-order valence-corrected chi connectivity index (χ2v) is 5.79. The lowest BCUT2D eigenvalue weighted by Crippen LogP contribution is -2.36. The van der Waals surface area contributed by atoms with Crippen molar-refractivity contribution in [1.29, 1.82) is 0 Å². The molecule has 0 aliphatic rings. The van der Waals surface area contributed by atoms with Gasteiger partial charge in [-0.1, -0.05) is 47.1 Å². The van der Waals surface area contributed by atoms with Gasteiger partial charge in [-0.25, -0.2) is 0 Å². The van der Waals surface area contributed by atoms with E-state index in [0.717, 1.165) is 19.3 Å². The number of ketones is 1. The first kappa shape index (κ1) is 17.2. The van der Waals surface area contributed by atoms with E-state index < -0.39 is 0 Å². The van der Waals surface area contributed by atoms with E-state index in [4.69, 9.17) is 0 Å². The molecule has 1 N–H and O–H groups in total. The Kier molecular flexibility index (Phi) is 8.78. The van der Waals surface area contributed by atoms with Crippen LogP contribution in [0, 0.1) is 11.8 Å². The summed E-state index contributed by atoms with van der Waals surface area (Å²) in [6, 6.07) is -0.0214. The van der Waals surface area contributed by atoms with Crippen molar-refractivity contribution in [3.63, 3.8) is 0 Å². The molecular formula is C16H31NO. The Hall–Kier alpha value is -0.790. The van der Waals surface area contributed by atoms with Crippen molar-refractivity contribution in [1.82, 2.24) is 5.32 Å². The van der Waals surface area contributed by atoms with Gasteiger partial charge in [0.1, 0.15) is 0 Å². The number of Topliss-reactive ketones (excluding diaryl/α,β-unsaturated/α-hetero) is 1. The molecule has 0 fully saturated rings. The molecule has 0 rings (SSSR count). The highest BCUT2D eigenvalue weighted by Crippen LogP contribution is 2.15. The lowest BCUT2D eigenvalue weighted by molar-refractivity contribution is -0.119. The third-order valence-electron chi connectivity index (χ3n) is 3.27. The van der Waals surface area contributed by atoms with Crippen molar-refractivity contribution in [2.45, 2.75) is 73.3 Å². The van der Waals surface area contributed by atoms with E-state index in [9.17, 15) is 4.79 Å². The van der Waals surface area contributed by atoms with Gasteiger partial charge in [0.15, 0.2) is 5.78 Å². The maximum atomic E-state index is 11.7. The van der Waals surface area contributed by atoms with Crippen LogP contribution in [0.4, 0.5) is 0 Å². The van der Waals surface area contributed by atoms with Gasteiger partial charge in [-0.05, 0) is 38.0 Å². The van der Waals surface area contributed by atoms with Crippen LogP contribution in [0.2, 0.25) is 0 Å². The zero-order chi connectivity index (χ0) is 14.1. The smallest absolute Gasteiger partial charge is 0.151 e. The second-order valence-electron chi connectivity index (χ2n) is 5.79. The molecule has 2 heteroatoms. The first-order chi connectivity index (χ1) is 8.40. The summed E-state index contributed by atoms with van der Waals surface area (Å²) in [5, 5.41) is 3.46. The third kappa shape index (κ3) is 7.52. The van der Waals surface area contributed by atoms with E-state index >= 15 is 0 Å². The Balaban J connectivity index is 4.61. The summed E-state index contributed by atoms with van der Waals surface area (Å²) in [4.78, 5) is 11.7. The number of allylic oxidation sites excluding steroid dienone is 2. The Morgan fingerprint density at radius 3 is 2.22 bits per heavy atom. The van der Waals surface area contributed by atoms with Crippen LogP contribution in [0.5, 0.6) is 0 Å². The minimum Gasteiger partial charge on any atom is -0.379 e. The predicted molar refractivity (Wildman–Crippen MR) is 79.5 cm³/mol. The molecule has 0 amide bonds. The Morgan fingerprint density at radius 2 is 1.83 bits per heavy atom. The van der Waals surface area contributed by atoms with E-state index in [-0.39, 0.29) is 11.8 Å². The molecular weight excluding hydrogens is 222 g/mol. The lowest BCUT2D eigenvalue weighted by Gasteiger charge is -2.23. The van der Waals surface area contributed by atoms with Crippen LogP contribution in [0.15, 0.2) is 11.8 Å². The molecule has 18 heavy (non-hydrogen) atoms. The molecule has 0 aromatic rings. The monoisotopic (exact) mass is 253 g/mol. The van der Waals surface area contributed by atoms with Gasteiger partial charge in [0.05, 0.1) is 6.04 Å². The quantitative estimate of drug-likeness (QED) is 0.663. The molecule has 0 aliphatic carbocycles. The molecule has 2 atom stereocenters. The highest BCUT2D eigenvalue weighted by atomic mass is 16.1. The van der Waals surface area contributed by atoms with Gasteiger partial charge in [0.25, 0.3) is 0 Å². The summed E-state index contributed by atoms with van der Waals surface area (Å²) in [7, 11) is 0. The fourth-order valence-electron chi connectivity index (χ4n) is 1.99. The lowest BCUT2D eigenvalue weighted by atomic mass is 9.98. The van der Waals surface area contributed by atoms with Crippen molar-refractivity contribution < 1.29 is 4.79 Å². The number of rotatable bonds is 9. The number of hydrogen-bond acceptors (Lipinski definition) is 2.